The molecule has 0 bridgehead atoms. The first-order valence-corrected chi connectivity index (χ1v) is 12.0. The molecule has 11 heteroatoms. The Labute approximate surface area is 207 Å². The lowest BCUT2D eigenvalue weighted by Crippen LogP contribution is -2.47. The standard InChI is InChI=1S/C25H28N10O/c1-17(27-2)18-5-7-19(8-6-18)33-12-9-32(10-13-33)11-14-34-23-20(16-28-34)24-29-22(21-4-3-15-36-21)31-35(24)25(26)30-23/h3-8,15-16H,9-14H2,1-2H3,(H2,26,30). The molecule has 0 radical (unpaired) electrons. The highest BCUT2D eigenvalue weighted by Crippen LogP contribution is 2.24. The van der Waals surface area contributed by atoms with Crippen LogP contribution in [0.2, 0.25) is 0 Å². The lowest BCUT2D eigenvalue weighted by Gasteiger charge is -2.36. The number of benzene rings is 1. The minimum atomic E-state index is 0.268. The third-order valence-corrected chi connectivity index (χ3v) is 6.82. The topological polar surface area (TPSA) is 119 Å². The van der Waals surface area contributed by atoms with Crippen molar-refractivity contribution in [3.8, 4) is 11.6 Å². The molecule has 6 rings (SSSR count). The molecule has 5 heterocycles. The molecule has 0 spiro atoms. The Balaban J connectivity index is 1.13. The van der Waals surface area contributed by atoms with Gasteiger partial charge in [-0.1, -0.05) is 12.1 Å². The van der Waals surface area contributed by atoms with Gasteiger partial charge in [0, 0.05) is 51.2 Å². The van der Waals surface area contributed by atoms with E-state index in [2.05, 4.69) is 59.2 Å². The van der Waals surface area contributed by atoms with Crippen molar-refractivity contribution in [2.45, 2.75) is 13.5 Å². The van der Waals surface area contributed by atoms with Crippen LogP contribution in [0.5, 0.6) is 0 Å². The zero-order valence-electron chi connectivity index (χ0n) is 20.4. The summed E-state index contributed by atoms with van der Waals surface area (Å²) >= 11 is 0. The van der Waals surface area contributed by atoms with Gasteiger partial charge in [0.1, 0.15) is 0 Å². The molecule has 1 aliphatic rings. The molecule has 1 fully saturated rings. The quantitative estimate of drug-likeness (QED) is 0.365. The molecule has 0 amide bonds. The summed E-state index contributed by atoms with van der Waals surface area (Å²) in [6.07, 6.45) is 3.37. The maximum Gasteiger partial charge on any atom is 0.225 e. The highest BCUT2D eigenvalue weighted by atomic mass is 16.3. The molecule has 0 aliphatic carbocycles. The predicted octanol–water partition coefficient (Wildman–Crippen LogP) is 2.58. The molecule has 4 aromatic heterocycles. The normalized spacial score (nSPS) is 15.4. The number of nitrogens with zero attached hydrogens (tertiary/aromatic N) is 9. The minimum Gasteiger partial charge on any atom is -0.461 e. The van der Waals surface area contributed by atoms with E-state index in [0.29, 0.717) is 22.9 Å². The van der Waals surface area contributed by atoms with E-state index in [4.69, 9.17) is 10.2 Å². The summed E-state index contributed by atoms with van der Waals surface area (Å²) < 4.78 is 8.87. The van der Waals surface area contributed by atoms with Gasteiger partial charge < -0.3 is 15.1 Å². The fraction of sp³-hybridized carbons (Fsp3) is 0.320. The zero-order chi connectivity index (χ0) is 24.6. The second-order valence-electron chi connectivity index (χ2n) is 8.91. The first-order chi connectivity index (χ1) is 17.6. The molecule has 1 aromatic carbocycles. The molecule has 11 nitrogen and oxygen atoms in total. The fourth-order valence-corrected chi connectivity index (χ4v) is 4.64. The first kappa shape index (κ1) is 22.2. The molecule has 0 atom stereocenters. The van der Waals surface area contributed by atoms with Gasteiger partial charge in [-0.2, -0.15) is 14.6 Å². The fourth-order valence-electron chi connectivity index (χ4n) is 4.64. The van der Waals surface area contributed by atoms with Gasteiger partial charge in [0.2, 0.25) is 11.8 Å². The van der Waals surface area contributed by atoms with Crippen LogP contribution >= 0.6 is 0 Å². The van der Waals surface area contributed by atoms with Crippen molar-refractivity contribution in [1.29, 1.82) is 0 Å². The number of aromatic nitrogens is 6. The van der Waals surface area contributed by atoms with Crippen molar-refractivity contribution in [2.24, 2.45) is 4.99 Å². The van der Waals surface area contributed by atoms with E-state index in [-0.39, 0.29) is 5.95 Å². The SMILES string of the molecule is CN=C(C)c1ccc(N2CCN(CCn3ncc4c3nc(N)n3nc(-c5ccco5)nc43)CC2)cc1. The van der Waals surface area contributed by atoms with Gasteiger partial charge in [0.25, 0.3) is 0 Å². The van der Waals surface area contributed by atoms with Gasteiger partial charge >= 0.3 is 0 Å². The van der Waals surface area contributed by atoms with E-state index >= 15 is 0 Å². The van der Waals surface area contributed by atoms with Crippen molar-refractivity contribution in [2.75, 3.05) is 50.4 Å². The van der Waals surface area contributed by atoms with E-state index in [0.717, 1.165) is 50.4 Å². The maximum absolute atomic E-state index is 6.22. The third kappa shape index (κ3) is 3.97. The average molecular weight is 485 g/mol. The monoisotopic (exact) mass is 484 g/mol. The molecule has 1 aliphatic heterocycles. The van der Waals surface area contributed by atoms with Crippen LogP contribution in [0, 0.1) is 0 Å². The average Bonchev–Trinajstić information content (AvgIpc) is 3.67. The van der Waals surface area contributed by atoms with Crippen LogP contribution in [0.4, 0.5) is 11.6 Å². The lowest BCUT2D eigenvalue weighted by molar-refractivity contribution is 0.245. The number of aliphatic imine (C=N–C) groups is 1. The predicted molar refractivity (Wildman–Crippen MR) is 139 cm³/mol. The summed E-state index contributed by atoms with van der Waals surface area (Å²) in [4.78, 5) is 18.4. The lowest BCUT2D eigenvalue weighted by atomic mass is 10.1. The summed E-state index contributed by atoms with van der Waals surface area (Å²) in [7, 11) is 1.83. The molecule has 5 aromatic rings. The Bertz CT molecular complexity index is 1520. The second kappa shape index (κ2) is 9.08. The molecule has 0 unspecified atom stereocenters. The van der Waals surface area contributed by atoms with Gasteiger partial charge in [-0.05, 0) is 36.8 Å². The van der Waals surface area contributed by atoms with E-state index in [1.54, 1.807) is 18.5 Å². The van der Waals surface area contributed by atoms with Gasteiger partial charge in [-0.3, -0.25) is 9.89 Å². The van der Waals surface area contributed by atoms with Crippen LogP contribution in [0.1, 0.15) is 12.5 Å². The third-order valence-electron chi connectivity index (χ3n) is 6.82. The minimum absolute atomic E-state index is 0.268. The van der Waals surface area contributed by atoms with Crippen LogP contribution in [0.15, 0.2) is 58.3 Å². The molecular formula is C25H28N10O. The van der Waals surface area contributed by atoms with Crippen molar-refractivity contribution in [3.63, 3.8) is 0 Å². The number of hydrogen-bond acceptors (Lipinski definition) is 9. The van der Waals surface area contributed by atoms with Crippen LogP contribution in [-0.2, 0) is 6.54 Å². The number of anilines is 2. The van der Waals surface area contributed by atoms with Crippen molar-refractivity contribution < 1.29 is 4.42 Å². The molecule has 2 N–H and O–H groups in total. The Kier molecular flexibility index (Phi) is 5.61. The Morgan fingerprint density at radius 2 is 1.83 bits per heavy atom. The van der Waals surface area contributed by atoms with E-state index in [9.17, 15) is 0 Å². The molecule has 184 valence electrons. The number of piperazine rings is 1. The summed E-state index contributed by atoms with van der Waals surface area (Å²) in [5.74, 6) is 1.32. The van der Waals surface area contributed by atoms with Gasteiger partial charge in [-0.15, -0.1) is 5.10 Å². The zero-order valence-corrected chi connectivity index (χ0v) is 20.4. The van der Waals surface area contributed by atoms with Gasteiger partial charge in [-0.25, -0.2) is 9.67 Å². The number of nitrogen functional groups attached to an aromatic ring is 1. The molecule has 1 saturated heterocycles. The highest BCUT2D eigenvalue weighted by molar-refractivity contribution is 5.98. The number of nitrogens with two attached hydrogens (primary N) is 1. The highest BCUT2D eigenvalue weighted by Gasteiger charge is 2.20. The van der Waals surface area contributed by atoms with Gasteiger partial charge in [0.15, 0.2) is 17.1 Å². The summed E-state index contributed by atoms with van der Waals surface area (Å²) in [5.41, 5.74) is 11.0. The van der Waals surface area contributed by atoms with E-state index in [1.807, 2.05) is 24.7 Å². The maximum atomic E-state index is 6.22. The van der Waals surface area contributed by atoms with Gasteiger partial charge in [0.05, 0.1) is 24.4 Å². The van der Waals surface area contributed by atoms with Crippen molar-refractivity contribution in [3.05, 3.63) is 54.4 Å². The molecular weight excluding hydrogens is 456 g/mol. The van der Waals surface area contributed by atoms with Crippen molar-refractivity contribution in [1.82, 2.24) is 34.3 Å². The number of furan rings is 1. The van der Waals surface area contributed by atoms with E-state index in [1.165, 1.54) is 15.8 Å². The summed E-state index contributed by atoms with van der Waals surface area (Å²) in [6, 6.07) is 12.3. The largest absolute Gasteiger partial charge is 0.461 e. The summed E-state index contributed by atoms with van der Waals surface area (Å²) in [6.45, 7) is 7.60. The van der Waals surface area contributed by atoms with Crippen molar-refractivity contribution >= 4 is 34.0 Å². The number of hydrogen-bond donors (Lipinski definition) is 1. The summed E-state index contributed by atoms with van der Waals surface area (Å²) in [5, 5.41) is 9.85. The smallest absolute Gasteiger partial charge is 0.225 e. The first-order valence-electron chi connectivity index (χ1n) is 12.0. The van der Waals surface area contributed by atoms with Crippen LogP contribution in [0.3, 0.4) is 0 Å². The van der Waals surface area contributed by atoms with Crippen LogP contribution in [0.25, 0.3) is 28.3 Å². The van der Waals surface area contributed by atoms with Crippen LogP contribution in [-0.4, -0.2) is 79.7 Å². The second-order valence-corrected chi connectivity index (χ2v) is 8.91. The Hall–Kier alpha value is -4.25. The Morgan fingerprint density at radius 1 is 1.03 bits per heavy atom. The molecule has 0 saturated carbocycles. The Morgan fingerprint density at radius 3 is 2.56 bits per heavy atom. The van der Waals surface area contributed by atoms with Crippen LogP contribution < -0.4 is 10.6 Å². The molecule has 36 heavy (non-hydrogen) atoms. The number of fused-ring (bicyclic) bond motifs is 3. The van der Waals surface area contributed by atoms with E-state index < -0.39 is 0 Å². The number of rotatable bonds is 6.